The molecule has 1 aliphatic heterocycles. The summed E-state index contributed by atoms with van der Waals surface area (Å²) in [6.07, 6.45) is 2.86. The summed E-state index contributed by atoms with van der Waals surface area (Å²) in [6, 6.07) is 0. The minimum Gasteiger partial charge on any atom is -0.342 e. The minimum atomic E-state index is -3.54. The molecule has 2 rings (SSSR count). The van der Waals surface area contributed by atoms with Gasteiger partial charge in [-0.05, 0) is 40.5 Å². The number of nitrogens with zero attached hydrogens (tertiary/aromatic N) is 4. The highest BCUT2D eigenvalue weighted by atomic mass is 32.2. The van der Waals surface area contributed by atoms with Gasteiger partial charge in [-0.15, -0.1) is 0 Å². The normalized spacial score (nSPS) is 16.3. The highest BCUT2D eigenvalue weighted by Crippen LogP contribution is 2.26. The van der Waals surface area contributed by atoms with Gasteiger partial charge in [-0.25, -0.2) is 8.42 Å². The number of likely N-dealkylation sites (N-methyl/N-ethyl adjacent to an activating group) is 1. The molecule has 1 aromatic heterocycles. The van der Waals surface area contributed by atoms with Crippen LogP contribution in [-0.4, -0.2) is 59.5 Å². The number of carbonyl (C=O) groups is 1. The number of hydrogen-bond donors (Lipinski definition) is 0. The molecule has 8 heteroatoms. The molecule has 7 nitrogen and oxygen atoms in total. The van der Waals surface area contributed by atoms with E-state index in [1.807, 2.05) is 13.8 Å². The van der Waals surface area contributed by atoms with E-state index in [1.165, 1.54) is 4.68 Å². The Kier molecular flexibility index (Phi) is 6.03. The van der Waals surface area contributed by atoms with Crippen LogP contribution in [0.5, 0.6) is 0 Å². The molecule has 0 aromatic carbocycles. The molecule has 1 amide bonds. The number of amides is 1. The van der Waals surface area contributed by atoms with Gasteiger partial charge in [-0.3, -0.25) is 9.48 Å². The molecule has 0 spiro atoms. The van der Waals surface area contributed by atoms with Crippen LogP contribution in [0.15, 0.2) is 4.90 Å². The lowest BCUT2D eigenvalue weighted by Crippen LogP contribution is -2.36. The fourth-order valence-corrected chi connectivity index (χ4v) is 5.14. The van der Waals surface area contributed by atoms with Crippen LogP contribution in [0.25, 0.3) is 0 Å². The van der Waals surface area contributed by atoms with Crippen LogP contribution in [0, 0.1) is 13.8 Å². The van der Waals surface area contributed by atoms with Crippen molar-refractivity contribution in [3.8, 4) is 0 Å². The van der Waals surface area contributed by atoms with Crippen LogP contribution >= 0.6 is 0 Å². The molecular formula is C16H28N4O3S. The van der Waals surface area contributed by atoms with Crippen molar-refractivity contribution in [2.75, 3.05) is 26.2 Å². The van der Waals surface area contributed by atoms with Gasteiger partial charge < -0.3 is 4.90 Å². The molecule has 1 saturated heterocycles. The van der Waals surface area contributed by atoms with Crippen molar-refractivity contribution >= 4 is 15.9 Å². The molecule has 0 atom stereocenters. The number of piperidine rings is 1. The molecular weight excluding hydrogens is 328 g/mol. The predicted molar refractivity (Wildman–Crippen MR) is 92.2 cm³/mol. The number of rotatable bonds is 6. The van der Waals surface area contributed by atoms with Crippen LogP contribution in [0.3, 0.4) is 0 Å². The maximum atomic E-state index is 13.0. The second-order valence-corrected chi connectivity index (χ2v) is 8.06. The SMILES string of the molecule is CCN(CC)C(=O)Cn1nc(C)c(S(=O)(=O)N2CCCCC2)c1C. The molecule has 0 unspecified atom stereocenters. The average molecular weight is 356 g/mol. The summed E-state index contributed by atoms with van der Waals surface area (Å²) in [5.74, 6) is -0.0486. The van der Waals surface area contributed by atoms with E-state index in [0.29, 0.717) is 37.6 Å². The van der Waals surface area contributed by atoms with Crippen LogP contribution in [-0.2, 0) is 21.4 Å². The molecule has 2 heterocycles. The summed E-state index contributed by atoms with van der Waals surface area (Å²) >= 11 is 0. The molecule has 0 bridgehead atoms. The van der Waals surface area contributed by atoms with Gasteiger partial charge in [-0.2, -0.15) is 9.40 Å². The lowest BCUT2D eigenvalue weighted by Gasteiger charge is -2.26. The first-order valence-corrected chi connectivity index (χ1v) is 10.1. The Labute approximate surface area is 144 Å². The Hall–Kier alpha value is -1.41. The lowest BCUT2D eigenvalue weighted by atomic mass is 10.2. The van der Waals surface area contributed by atoms with Crippen molar-refractivity contribution in [2.45, 2.75) is 58.4 Å². The number of sulfonamides is 1. The third kappa shape index (κ3) is 3.64. The van der Waals surface area contributed by atoms with Gasteiger partial charge in [0.15, 0.2) is 0 Å². The van der Waals surface area contributed by atoms with Crippen molar-refractivity contribution in [1.82, 2.24) is 19.0 Å². The zero-order chi connectivity index (χ0) is 17.9. The summed E-state index contributed by atoms with van der Waals surface area (Å²) in [5, 5.41) is 4.33. The number of carbonyl (C=O) groups excluding carboxylic acids is 1. The molecule has 0 N–H and O–H groups in total. The largest absolute Gasteiger partial charge is 0.342 e. The van der Waals surface area contributed by atoms with Crippen molar-refractivity contribution in [3.05, 3.63) is 11.4 Å². The first-order chi connectivity index (χ1) is 11.3. The summed E-state index contributed by atoms with van der Waals surface area (Å²) in [5.41, 5.74) is 1.00. The van der Waals surface area contributed by atoms with Crippen LogP contribution in [0.1, 0.15) is 44.5 Å². The highest BCUT2D eigenvalue weighted by Gasteiger charge is 2.32. The molecule has 24 heavy (non-hydrogen) atoms. The number of aromatic nitrogens is 2. The van der Waals surface area contributed by atoms with E-state index in [-0.39, 0.29) is 17.3 Å². The van der Waals surface area contributed by atoms with Crippen LogP contribution in [0.4, 0.5) is 0 Å². The van der Waals surface area contributed by atoms with Gasteiger partial charge in [0.1, 0.15) is 11.4 Å². The molecule has 0 radical (unpaired) electrons. The summed E-state index contributed by atoms with van der Waals surface area (Å²) in [4.78, 5) is 14.3. The van der Waals surface area contributed by atoms with E-state index in [0.717, 1.165) is 19.3 Å². The van der Waals surface area contributed by atoms with Crippen LogP contribution < -0.4 is 0 Å². The average Bonchev–Trinajstić information content (AvgIpc) is 2.83. The topological polar surface area (TPSA) is 75.5 Å². The van der Waals surface area contributed by atoms with Crippen molar-refractivity contribution in [3.63, 3.8) is 0 Å². The second-order valence-electron chi connectivity index (χ2n) is 6.19. The van der Waals surface area contributed by atoms with Crippen LogP contribution in [0.2, 0.25) is 0 Å². The fourth-order valence-electron chi connectivity index (χ4n) is 3.25. The van der Waals surface area contributed by atoms with Crippen molar-refractivity contribution < 1.29 is 13.2 Å². The third-order valence-corrected chi connectivity index (χ3v) is 6.78. The molecule has 0 saturated carbocycles. The fraction of sp³-hybridized carbons (Fsp3) is 0.750. The van der Waals surface area contributed by atoms with Gasteiger partial charge in [0.05, 0.1) is 11.4 Å². The van der Waals surface area contributed by atoms with E-state index in [4.69, 9.17) is 0 Å². The van der Waals surface area contributed by atoms with E-state index in [2.05, 4.69) is 5.10 Å². The second kappa shape index (κ2) is 7.65. The van der Waals surface area contributed by atoms with E-state index >= 15 is 0 Å². The highest BCUT2D eigenvalue weighted by molar-refractivity contribution is 7.89. The minimum absolute atomic E-state index is 0.0486. The first-order valence-electron chi connectivity index (χ1n) is 8.64. The van der Waals surface area contributed by atoms with Gasteiger partial charge in [0.25, 0.3) is 0 Å². The molecule has 1 aromatic rings. The van der Waals surface area contributed by atoms with Gasteiger partial charge in [-0.1, -0.05) is 6.42 Å². The van der Waals surface area contributed by atoms with Gasteiger partial charge >= 0.3 is 0 Å². The summed E-state index contributed by atoms with van der Waals surface area (Å²) in [7, 11) is -3.54. The predicted octanol–water partition coefficient (Wildman–Crippen LogP) is 1.54. The Morgan fingerprint density at radius 1 is 1.12 bits per heavy atom. The Morgan fingerprint density at radius 3 is 2.25 bits per heavy atom. The standard InChI is InChI=1S/C16H28N4O3S/c1-5-18(6-2)15(21)12-20-14(4)16(13(3)17-20)24(22,23)19-10-8-7-9-11-19/h5-12H2,1-4H3. The smallest absolute Gasteiger partial charge is 0.246 e. The summed E-state index contributed by atoms with van der Waals surface area (Å²) < 4.78 is 29.0. The molecule has 1 fully saturated rings. The third-order valence-electron chi connectivity index (χ3n) is 4.63. The Bertz CT molecular complexity index is 686. The Morgan fingerprint density at radius 2 is 1.71 bits per heavy atom. The van der Waals surface area contributed by atoms with Gasteiger partial charge in [0.2, 0.25) is 15.9 Å². The van der Waals surface area contributed by atoms with Crippen molar-refractivity contribution in [2.24, 2.45) is 0 Å². The molecule has 136 valence electrons. The molecule has 1 aliphatic rings. The molecule has 0 aliphatic carbocycles. The maximum absolute atomic E-state index is 13.0. The van der Waals surface area contributed by atoms with E-state index < -0.39 is 10.0 Å². The monoisotopic (exact) mass is 356 g/mol. The maximum Gasteiger partial charge on any atom is 0.246 e. The quantitative estimate of drug-likeness (QED) is 0.775. The number of aryl methyl sites for hydroxylation is 1. The zero-order valence-corrected chi connectivity index (χ0v) is 15.9. The Balaban J connectivity index is 2.30. The first kappa shape index (κ1) is 18.9. The van der Waals surface area contributed by atoms with E-state index in [1.54, 1.807) is 23.1 Å². The summed E-state index contributed by atoms with van der Waals surface area (Å²) in [6.45, 7) is 9.73. The lowest BCUT2D eigenvalue weighted by molar-refractivity contribution is -0.131. The van der Waals surface area contributed by atoms with E-state index in [9.17, 15) is 13.2 Å². The number of hydrogen-bond acceptors (Lipinski definition) is 4. The van der Waals surface area contributed by atoms with Gasteiger partial charge in [0, 0.05) is 26.2 Å². The zero-order valence-electron chi connectivity index (χ0n) is 15.1. The van der Waals surface area contributed by atoms with Crippen molar-refractivity contribution in [1.29, 1.82) is 0 Å².